The third-order valence-electron chi connectivity index (χ3n) is 2.64. The first kappa shape index (κ1) is 10.8. The molecule has 2 aromatic rings. The molecule has 0 unspecified atom stereocenters. The summed E-state index contributed by atoms with van der Waals surface area (Å²) < 4.78 is 27.7. The van der Waals surface area contributed by atoms with Crippen molar-refractivity contribution in [3.05, 3.63) is 53.1 Å². The quantitative estimate of drug-likeness (QED) is 0.663. The number of aryl methyl sites for hydroxylation is 1. The van der Waals surface area contributed by atoms with Crippen LogP contribution in [0.2, 0.25) is 0 Å². The Hall–Kier alpha value is -1.70. The zero-order chi connectivity index (χ0) is 11.7. The largest absolute Gasteiger partial charge is 0.206 e. The average Bonchev–Trinajstić information content (AvgIpc) is 2.28. The van der Waals surface area contributed by atoms with E-state index in [1.807, 2.05) is 6.92 Å². The van der Waals surface area contributed by atoms with Gasteiger partial charge in [0.2, 0.25) is 0 Å². The molecule has 0 heterocycles. The summed E-state index contributed by atoms with van der Waals surface area (Å²) in [5, 5.41) is 0.671. The van der Waals surface area contributed by atoms with Crippen LogP contribution >= 0.6 is 0 Å². The van der Waals surface area contributed by atoms with Crippen molar-refractivity contribution >= 4 is 16.8 Å². The zero-order valence-electron chi connectivity index (χ0n) is 9.22. The van der Waals surface area contributed by atoms with Crippen molar-refractivity contribution in [3.63, 3.8) is 0 Å². The van der Waals surface area contributed by atoms with E-state index in [1.165, 1.54) is 0 Å². The van der Waals surface area contributed by atoms with E-state index < -0.39 is 0 Å². The van der Waals surface area contributed by atoms with Crippen LogP contribution in [0.1, 0.15) is 18.1 Å². The number of allylic oxidation sites excluding steroid dienone is 1. The van der Waals surface area contributed by atoms with E-state index in [0.29, 0.717) is 21.9 Å². The van der Waals surface area contributed by atoms with Gasteiger partial charge in [-0.3, -0.25) is 0 Å². The molecule has 2 heteroatoms. The lowest BCUT2D eigenvalue weighted by molar-refractivity contribution is 0.622. The molecule has 0 saturated heterocycles. The molecule has 0 aliphatic carbocycles. The molecule has 2 aromatic carbocycles. The van der Waals surface area contributed by atoms with Crippen molar-refractivity contribution in [1.29, 1.82) is 0 Å². The van der Waals surface area contributed by atoms with Gasteiger partial charge in [0, 0.05) is 16.3 Å². The number of fused-ring (bicyclic) bond motifs is 1. The van der Waals surface area contributed by atoms with Crippen molar-refractivity contribution in [3.8, 4) is 0 Å². The Balaban J connectivity index is 2.81. The van der Waals surface area contributed by atoms with Crippen molar-refractivity contribution in [1.82, 2.24) is 0 Å². The molecular formula is C14H12F2. The molecule has 0 bridgehead atoms. The van der Waals surface area contributed by atoms with Crippen LogP contribution in [0.4, 0.5) is 8.78 Å². The highest BCUT2D eigenvalue weighted by Crippen LogP contribution is 2.26. The van der Waals surface area contributed by atoms with Gasteiger partial charge in [-0.2, -0.15) is 0 Å². The highest BCUT2D eigenvalue weighted by Gasteiger charge is 2.09. The van der Waals surface area contributed by atoms with Crippen LogP contribution in [0.25, 0.3) is 16.8 Å². The maximum Gasteiger partial charge on any atom is 0.138 e. The van der Waals surface area contributed by atoms with Crippen LogP contribution in [0.15, 0.2) is 30.3 Å². The van der Waals surface area contributed by atoms with Crippen LogP contribution < -0.4 is 0 Å². The maximum absolute atomic E-state index is 13.9. The summed E-state index contributed by atoms with van der Waals surface area (Å²) in [5.74, 6) is -0.710. The van der Waals surface area contributed by atoms with Gasteiger partial charge >= 0.3 is 0 Å². The molecule has 82 valence electrons. The summed E-state index contributed by atoms with van der Waals surface area (Å²) in [5.41, 5.74) is 1.02. The lowest BCUT2D eigenvalue weighted by Crippen LogP contribution is -1.90. The number of hydrogen-bond acceptors (Lipinski definition) is 0. The first-order valence-corrected chi connectivity index (χ1v) is 5.15. The van der Waals surface area contributed by atoms with Gasteiger partial charge in [0.15, 0.2) is 0 Å². The molecular weight excluding hydrogens is 206 g/mol. The summed E-state index contributed by atoms with van der Waals surface area (Å²) in [6.45, 7) is 3.49. The van der Waals surface area contributed by atoms with Crippen molar-refractivity contribution in [2.75, 3.05) is 0 Å². The molecule has 0 radical (unpaired) electrons. The molecule has 0 aliphatic rings. The Morgan fingerprint density at radius 1 is 0.938 bits per heavy atom. The summed E-state index contributed by atoms with van der Waals surface area (Å²) in [6, 6.07) is 6.44. The van der Waals surface area contributed by atoms with Gasteiger partial charge in [0.05, 0.1) is 0 Å². The van der Waals surface area contributed by atoms with Crippen LogP contribution in [-0.4, -0.2) is 0 Å². The SMILES string of the molecule is C/C=C/c1ccc2c(F)c(C)ccc2c1F. The number of benzene rings is 2. The summed E-state index contributed by atoms with van der Waals surface area (Å²) >= 11 is 0. The second kappa shape index (κ2) is 4.05. The Labute approximate surface area is 93.2 Å². The fourth-order valence-electron chi connectivity index (χ4n) is 1.77. The fraction of sp³-hybridized carbons (Fsp3) is 0.143. The first-order chi connectivity index (χ1) is 7.65. The number of halogens is 2. The second-order valence-corrected chi connectivity index (χ2v) is 3.76. The van der Waals surface area contributed by atoms with E-state index in [9.17, 15) is 8.78 Å². The van der Waals surface area contributed by atoms with E-state index in [4.69, 9.17) is 0 Å². The summed E-state index contributed by atoms with van der Waals surface area (Å²) in [6.07, 6.45) is 3.43. The Morgan fingerprint density at radius 3 is 2.25 bits per heavy atom. The molecule has 0 N–H and O–H groups in total. The minimum absolute atomic E-state index is 0.332. The van der Waals surface area contributed by atoms with E-state index in [-0.39, 0.29) is 11.6 Å². The Bertz CT molecular complexity index is 568. The molecule has 0 amide bonds. The fourth-order valence-corrected chi connectivity index (χ4v) is 1.77. The normalized spacial score (nSPS) is 11.5. The number of hydrogen-bond donors (Lipinski definition) is 0. The second-order valence-electron chi connectivity index (χ2n) is 3.76. The van der Waals surface area contributed by atoms with Gasteiger partial charge in [0.1, 0.15) is 11.6 Å². The summed E-state index contributed by atoms with van der Waals surface area (Å²) in [7, 11) is 0. The molecule has 0 spiro atoms. The highest BCUT2D eigenvalue weighted by atomic mass is 19.1. The lowest BCUT2D eigenvalue weighted by atomic mass is 10.0. The molecule has 0 saturated carbocycles. The number of rotatable bonds is 1. The van der Waals surface area contributed by atoms with Crippen molar-refractivity contribution < 1.29 is 8.78 Å². The predicted octanol–water partition coefficient (Wildman–Crippen LogP) is 4.46. The average molecular weight is 218 g/mol. The van der Waals surface area contributed by atoms with E-state index in [0.717, 1.165) is 0 Å². The van der Waals surface area contributed by atoms with Gasteiger partial charge in [-0.05, 0) is 19.4 Å². The molecule has 0 atom stereocenters. The van der Waals surface area contributed by atoms with Crippen LogP contribution in [0, 0.1) is 18.6 Å². The smallest absolute Gasteiger partial charge is 0.138 e. The maximum atomic E-state index is 13.9. The van der Waals surface area contributed by atoms with E-state index >= 15 is 0 Å². The standard InChI is InChI=1S/C14H12F2/c1-3-4-10-6-8-11-12(14(10)16)7-5-9(2)13(11)15/h3-8H,1-2H3/b4-3+. The van der Waals surface area contributed by atoms with Gasteiger partial charge in [-0.15, -0.1) is 0 Å². The van der Waals surface area contributed by atoms with Crippen molar-refractivity contribution in [2.24, 2.45) is 0 Å². The first-order valence-electron chi connectivity index (χ1n) is 5.15. The third-order valence-corrected chi connectivity index (χ3v) is 2.64. The summed E-state index contributed by atoms with van der Waals surface area (Å²) in [4.78, 5) is 0. The highest BCUT2D eigenvalue weighted by molar-refractivity contribution is 5.86. The van der Waals surface area contributed by atoms with Gasteiger partial charge in [-0.1, -0.05) is 36.4 Å². The van der Waals surface area contributed by atoms with E-state index in [2.05, 4.69) is 0 Å². The zero-order valence-corrected chi connectivity index (χ0v) is 9.22. The van der Waals surface area contributed by atoms with Gasteiger partial charge in [0.25, 0.3) is 0 Å². The van der Waals surface area contributed by atoms with Gasteiger partial charge < -0.3 is 0 Å². The van der Waals surface area contributed by atoms with Crippen molar-refractivity contribution in [2.45, 2.75) is 13.8 Å². The van der Waals surface area contributed by atoms with Crippen LogP contribution in [0.3, 0.4) is 0 Å². The minimum Gasteiger partial charge on any atom is -0.206 e. The van der Waals surface area contributed by atoms with Crippen LogP contribution in [-0.2, 0) is 0 Å². The van der Waals surface area contributed by atoms with Crippen LogP contribution in [0.5, 0.6) is 0 Å². The Kier molecular flexibility index (Phi) is 2.73. The van der Waals surface area contributed by atoms with E-state index in [1.54, 1.807) is 43.3 Å². The monoisotopic (exact) mass is 218 g/mol. The molecule has 0 nitrogen and oxygen atoms in total. The molecule has 0 aromatic heterocycles. The molecule has 0 aliphatic heterocycles. The lowest BCUT2D eigenvalue weighted by Gasteiger charge is -2.05. The molecule has 2 rings (SSSR count). The topological polar surface area (TPSA) is 0 Å². The molecule has 16 heavy (non-hydrogen) atoms. The molecule has 0 fully saturated rings. The third kappa shape index (κ3) is 1.60. The Morgan fingerprint density at radius 2 is 1.56 bits per heavy atom. The minimum atomic E-state index is -0.366. The van der Waals surface area contributed by atoms with Gasteiger partial charge in [-0.25, -0.2) is 8.78 Å². The predicted molar refractivity (Wildman–Crippen MR) is 63.3 cm³/mol.